The van der Waals surface area contributed by atoms with E-state index in [-0.39, 0.29) is 41.8 Å². The van der Waals surface area contributed by atoms with Gasteiger partial charge in [0.25, 0.3) is 0 Å². The SMILES string of the molecule is Cc1cc(NC(=O)C2CN(c3nc4c(cc3F)c(=O)c(C(=O)O)cn4-c3nccs3)C2)c[nH]1. The van der Waals surface area contributed by atoms with Crippen LogP contribution in [0.1, 0.15) is 16.1 Å². The number of carbonyl (C=O) groups is 2. The Kier molecular flexibility index (Phi) is 4.93. The average molecular weight is 468 g/mol. The minimum Gasteiger partial charge on any atom is -0.477 e. The zero-order valence-corrected chi connectivity index (χ0v) is 18.0. The number of nitrogens with one attached hydrogen (secondary N) is 2. The molecule has 12 heteroatoms. The molecular weight excluding hydrogens is 451 g/mol. The van der Waals surface area contributed by atoms with Crippen molar-refractivity contribution in [2.45, 2.75) is 6.92 Å². The summed E-state index contributed by atoms with van der Waals surface area (Å²) in [6, 6.07) is 2.80. The number of aromatic amines is 1. The fourth-order valence-corrected chi connectivity index (χ4v) is 4.33. The second-order valence-corrected chi connectivity index (χ2v) is 8.56. The highest BCUT2D eigenvalue weighted by Crippen LogP contribution is 2.29. The minimum atomic E-state index is -1.43. The molecule has 0 spiro atoms. The van der Waals surface area contributed by atoms with Crippen LogP contribution in [-0.4, -0.2) is 49.6 Å². The van der Waals surface area contributed by atoms with E-state index in [4.69, 9.17) is 0 Å². The summed E-state index contributed by atoms with van der Waals surface area (Å²) >= 11 is 1.22. The van der Waals surface area contributed by atoms with Gasteiger partial charge in [0.1, 0.15) is 5.56 Å². The number of hydrogen-bond donors (Lipinski definition) is 3. The Morgan fingerprint density at radius 1 is 1.33 bits per heavy atom. The van der Waals surface area contributed by atoms with E-state index < -0.39 is 22.8 Å². The predicted octanol–water partition coefficient (Wildman–Crippen LogP) is 2.39. The minimum absolute atomic E-state index is 0.0168. The second-order valence-electron chi connectivity index (χ2n) is 7.69. The van der Waals surface area contributed by atoms with E-state index >= 15 is 0 Å². The molecule has 4 aromatic rings. The summed E-state index contributed by atoms with van der Waals surface area (Å²) in [7, 11) is 0. The molecule has 1 aliphatic heterocycles. The van der Waals surface area contributed by atoms with Crippen molar-refractivity contribution in [2.75, 3.05) is 23.3 Å². The first-order chi connectivity index (χ1) is 15.8. The maximum absolute atomic E-state index is 14.9. The molecule has 3 N–H and O–H groups in total. The molecule has 0 aromatic carbocycles. The fraction of sp³-hybridized carbons (Fsp3) is 0.190. The van der Waals surface area contributed by atoms with Crippen molar-refractivity contribution in [1.82, 2.24) is 19.5 Å². The Hall–Kier alpha value is -4.06. The van der Waals surface area contributed by atoms with Gasteiger partial charge in [0.05, 0.1) is 17.0 Å². The quantitative estimate of drug-likeness (QED) is 0.410. The third-order valence-corrected chi connectivity index (χ3v) is 6.19. The standard InChI is InChI=1S/C21H17FN6O4S/c1-10-4-12(6-24-10)25-19(30)11-7-27(8-11)18-15(22)5-13-16(29)14(20(31)32)9-28(17(13)26-18)21-23-2-3-33-21/h2-6,9,11,24H,7-8H2,1H3,(H,25,30)(H,31,32). The van der Waals surface area contributed by atoms with Gasteiger partial charge in [0.15, 0.2) is 22.4 Å². The molecule has 33 heavy (non-hydrogen) atoms. The van der Waals surface area contributed by atoms with Crippen molar-refractivity contribution in [2.24, 2.45) is 5.92 Å². The number of thiazole rings is 1. The monoisotopic (exact) mass is 468 g/mol. The largest absolute Gasteiger partial charge is 0.477 e. The first-order valence-electron chi connectivity index (χ1n) is 9.91. The molecule has 0 unspecified atom stereocenters. The van der Waals surface area contributed by atoms with Gasteiger partial charge in [-0.15, -0.1) is 11.3 Å². The van der Waals surface area contributed by atoms with Crippen LogP contribution in [0.5, 0.6) is 0 Å². The van der Waals surface area contributed by atoms with E-state index in [0.29, 0.717) is 10.8 Å². The topological polar surface area (TPSA) is 133 Å². The Bertz CT molecular complexity index is 1460. The fourth-order valence-electron chi connectivity index (χ4n) is 3.71. The van der Waals surface area contributed by atoms with Crippen LogP contribution >= 0.6 is 11.3 Å². The molecule has 4 aromatic heterocycles. The van der Waals surface area contributed by atoms with Gasteiger partial charge in [-0.05, 0) is 19.1 Å². The molecule has 0 radical (unpaired) electrons. The van der Waals surface area contributed by atoms with E-state index in [1.165, 1.54) is 22.1 Å². The molecule has 0 saturated carbocycles. The van der Waals surface area contributed by atoms with Gasteiger partial charge in [-0.1, -0.05) is 0 Å². The molecular formula is C21H17FN6O4S. The summed E-state index contributed by atoms with van der Waals surface area (Å²) in [6.07, 6.45) is 4.36. The summed E-state index contributed by atoms with van der Waals surface area (Å²) in [5, 5.41) is 14.1. The first-order valence-corrected chi connectivity index (χ1v) is 10.8. The number of amides is 1. The Balaban J connectivity index is 1.48. The summed E-state index contributed by atoms with van der Waals surface area (Å²) in [6.45, 7) is 2.37. The van der Waals surface area contributed by atoms with Crippen molar-refractivity contribution >= 4 is 45.8 Å². The molecule has 5 rings (SSSR count). The molecule has 5 heterocycles. The van der Waals surface area contributed by atoms with Crippen LogP contribution in [0.2, 0.25) is 0 Å². The summed E-state index contributed by atoms with van der Waals surface area (Å²) in [5.74, 6) is -2.75. The van der Waals surface area contributed by atoms with Crippen LogP contribution in [0.15, 0.2) is 40.9 Å². The Morgan fingerprint density at radius 2 is 2.12 bits per heavy atom. The lowest BCUT2D eigenvalue weighted by Gasteiger charge is -2.39. The normalized spacial score (nSPS) is 13.8. The number of anilines is 2. The lowest BCUT2D eigenvalue weighted by Crippen LogP contribution is -2.52. The van der Waals surface area contributed by atoms with E-state index in [9.17, 15) is 23.9 Å². The van der Waals surface area contributed by atoms with E-state index in [1.807, 2.05) is 13.0 Å². The van der Waals surface area contributed by atoms with Gasteiger partial charge < -0.3 is 20.3 Å². The number of carbonyl (C=O) groups excluding carboxylic acids is 1. The van der Waals surface area contributed by atoms with Crippen LogP contribution < -0.4 is 15.6 Å². The van der Waals surface area contributed by atoms with Crippen molar-refractivity contribution in [3.05, 3.63) is 63.4 Å². The number of hydrogen-bond acceptors (Lipinski definition) is 7. The van der Waals surface area contributed by atoms with Crippen LogP contribution in [0, 0.1) is 18.7 Å². The number of pyridine rings is 2. The molecule has 1 amide bonds. The van der Waals surface area contributed by atoms with Crippen molar-refractivity contribution < 1.29 is 19.1 Å². The molecule has 10 nitrogen and oxygen atoms in total. The highest BCUT2D eigenvalue weighted by molar-refractivity contribution is 7.12. The molecule has 0 atom stereocenters. The third-order valence-electron chi connectivity index (χ3n) is 5.42. The first kappa shape index (κ1) is 20.8. The number of rotatable bonds is 5. The second kappa shape index (κ2) is 7.81. The van der Waals surface area contributed by atoms with E-state index in [2.05, 4.69) is 20.3 Å². The van der Waals surface area contributed by atoms with Gasteiger partial charge in [-0.2, -0.15) is 0 Å². The number of H-pyrrole nitrogens is 1. The van der Waals surface area contributed by atoms with Gasteiger partial charge in [-0.25, -0.2) is 19.2 Å². The van der Waals surface area contributed by atoms with Crippen LogP contribution in [0.25, 0.3) is 16.2 Å². The van der Waals surface area contributed by atoms with Crippen LogP contribution in [0.4, 0.5) is 15.9 Å². The van der Waals surface area contributed by atoms with Crippen molar-refractivity contribution in [1.29, 1.82) is 0 Å². The lowest BCUT2D eigenvalue weighted by atomic mass is 9.99. The number of fused-ring (bicyclic) bond motifs is 1. The summed E-state index contributed by atoms with van der Waals surface area (Å²) in [4.78, 5) is 49.7. The smallest absolute Gasteiger partial charge is 0.341 e. The maximum atomic E-state index is 14.9. The Morgan fingerprint density at radius 3 is 2.76 bits per heavy atom. The summed E-state index contributed by atoms with van der Waals surface area (Å²) in [5.41, 5.74) is 0.332. The third kappa shape index (κ3) is 3.63. The van der Waals surface area contributed by atoms with Gasteiger partial charge in [0.2, 0.25) is 11.3 Å². The molecule has 1 fully saturated rings. The van der Waals surface area contributed by atoms with Crippen LogP contribution in [-0.2, 0) is 4.79 Å². The van der Waals surface area contributed by atoms with Gasteiger partial charge in [0, 0.05) is 42.8 Å². The molecule has 1 saturated heterocycles. The zero-order chi connectivity index (χ0) is 23.3. The van der Waals surface area contributed by atoms with Crippen LogP contribution in [0.3, 0.4) is 0 Å². The predicted molar refractivity (Wildman–Crippen MR) is 120 cm³/mol. The zero-order valence-electron chi connectivity index (χ0n) is 17.2. The van der Waals surface area contributed by atoms with Gasteiger partial charge >= 0.3 is 5.97 Å². The van der Waals surface area contributed by atoms with Gasteiger partial charge in [-0.3, -0.25) is 14.2 Å². The lowest BCUT2D eigenvalue weighted by molar-refractivity contribution is -0.120. The molecule has 1 aliphatic rings. The summed E-state index contributed by atoms with van der Waals surface area (Å²) < 4.78 is 16.3. The Labute approximate surface area is 189 Å². The highest BCUT2D eigenvalue weighted by atomic mass is 32.1. The van der Waals surface area contributed by atoms with Crippen molar-refractivity contribution in [3.63, 3.8) is 0 Å². The van der Waals surface area contributed by atoms with Crippen molar-refractivity contribution in [3.8, 4) is 5.13 Å². The number of aromatic nitrogens is 4. The molecule has 168 valence electrons. The molecule has 0 bridgehead atoms. The highest BCUT2D eigenvalue weighted by Gasteiger charge is 2.35. The number of nitrogens with zero attached hydrogens (tertiary/aromatic N) is 4. The maximum Gasteiger partial charge on any atom is 0.341 e. The number of aryl methyl sites for hydroxylation is 1. The number of carboxylic acids is 1. The van der Waals surface area contributed by atoms with E-state index in [0.717, 1.165) is 18.0 Å². The number of halogens is 1. The van der Waals surface area contributed by atoms with E-state index in [1.54, 1.807) is 16.5 Å². The number of carboxylic acid groups (broad SMARTS) is 1. The molecule has 0 aliphatic carbocycles. The average Bonchev–Trinajstić information content (AvgIpc) is 3.40. The number of aromatic carboxylic acids is 1.